The van der Waals surface area contributed by atoms with Crippen LogP contribution in [0.25, 0.3) is 0 Å². The van der Waals surface area contributed by atoms with Gasteiger partial charge in [-0.3, -0.25) is 0 Å². The van der Waals surface area contributed by atoms with Crippen LogP contribution in [0.2, 0.25) is 5.02 Å². The maximum Gasteiger partial charge on any atom is 0.391 e. The van der Waals surface area contributed by atoms with Crippen LogP contribution in [0.4, 0.5) is 23.2 Å². The molecule has 1 nitrogen and oxygen atoms in total. The highest BCUT2D eigenvalue weighted by molar-refractivity contribution is 6.33. The molecule has 1 aromatic carbocycles. The van der Waals surface area contributed by atoms with Gasteiger partial charge in [0, 0.05) is 6.04 Å². The normalized spacial score (nSPS) is 24.3. The van der Waals surface area contributed by atoms with Crippen molar-refractivity contribution >= 4 is 17.3 Å². The number of anilines is 1. The van der Waals surface area contributed by atoms with Crippen LogP contribution in [0, 0.1) is 11.7 Å². The fraction of sp³-hybridized carbons (Fsp3) is 0.538. The molecule has 0 saturated heterocycles. The van der Waals surface area contributed by atoms with E-state index in [1.165, 1.54) is 12.1 Å². The highest BCUT2D eigenvalue weighted by Gasteiger charge is 2.42. The first-order valence-electron chi connectivity index (χ1n) is 6.14. The number of rotatable bonds is 2. The molecular weight excluding hydrogens is 282 g/mol. The van der Waals surface area contributed by atoms with Crippen molar-refractivity contribution in [2.45, 2.75) is 37.9 Å². The minimum Gasteiger partial charge on any atom is -0.381 e. The summed E-state index contributed by atoms with van der Waals surface area (Å²) in [4.78, 5) is 0. The van der Waals surface area contributed by atoms with Crippen molar-refractivity contribution < 1.29 is 17.6 Å². The first kappa shape index (κ1) is 14.4. The summed E-state index contributed by atoms with van der Waals surface area (Å²) >= 11 is 5.85. The Morgan fingerprint density at radius 3 is 2.58 bits per heavy atom. The predicted molar refractivity (Wildman–Crippen MR) is 66.8 cm³/mol. The van der Waals surface area contributed by atoms with E-state index in [4.69, 9.17) is 11.6 Å². The van der Waals surface area contributed by atoms with Gasteiger partial charge >= 0.3 is 6.18 Å². The smallest absolute Gasteiger partial charge is 0.381 e. The molecule has 1 aliphatic rings. The maximum atomic E-state index is 12.9. The van der Waals surface area contributed by atoms with Crippen LogP contribution in [0.5, 0.6) is 0 Å². The van der Waals surface area contributed by atoms with E-state index in [0.717, 1.165) is 6.07 Å². The highest BCUT2D eigenvalue weighted by Crippen LogP contribution is 2.38. The summed E-state index contributed by atoms with van der Waals surface area (Å²) in [6, 6.07) is 3.56. The highest BCUT2D eigenvalue weighted by atomic mass is 35.5. The number of nitrogens with one attached hydrogen (secondary N) is 1. The van der Waals surface area contributed by atoms with Crippen molar-refractivity contribution in [1.29, 1.82) is 0 Å². The second kappa shape index (κ2) is 5.57. The Hall–Kier alpha value is -0.970. The van der Waals surface area contributed by atoms with E-state index in [-0.39, 0.29) is 23.9 Å². The first-order chi connectivity index (χ1) is 8.86. The number of benzene rings is 1. The van der Waals surface area contributed by atoms with Gasteiger partial charge < -0.3 is 5.32 Å². The van der Waals surface area contributed by atoms with Gasteiger partial charge in [0.05, 0.1) is 16.6 Å². The summed E-state index contributed by atoms with van der Waals surface area (Å²) < 4.78 is 50.9. The van der Waals surface area contributed by atoms with Crippen LogP contribution in [-0.4, -0.2) is 12.2 Å². The SMILES string of the molecule is Fc1ccc(NC2CCCC(C(F)(F)F)C2)c(Cl)c1. The largest absolute Gasteiger partial charge is 0.391 e. The first-order valence-corrected chi connectivity index (χ1v) is 6.52. The van der Waals surface area contributed by atoms with Gasteiger partial charge in [-0.05, 0) is 37.5 Å². The molecule has 0 aromatic heterocycles. The minimum atomic E-state index is -4.15. The average molecular weight is 296 g/mol. The van der Waals surface area contributed by atoms with E-state index in [2.05, 4.69) is 5.32 Å². The lowest BCUT2D eigenvalue weighted by molar-refractivity contribution is -0.182. The third-order valence-electron chi connectivity index (χ3n) is 3.43. The zero-order valence-corrected chi connectivity index (χ0v) is 10.9. The Kier molecular flexibility index (Phi) is 4.23. The molecule has 0 bridgehead atoms. The Morgan fingerprint density at radius 1 is 1.21 bits per heavy atom. The van der Waals surface area contributed by atoms with Crippen molar-refractivity contribution in [2.24, 2.45) is 5.92 Å². The molecule has 2 atom stereocenters. The molecule has 0 aliphatic heterocycles. The third kappa shape index (κ3) is 3.75. The molecule has 1 saturated carbocycles. The summed E-state index contributed by atoms with van der Waals surface area (Å²) in [5.74, 6) is -1.73. The maximum absolute atomic E-state index is 12.9. The molecule has 19 heavy (non-hydrogen) atoms. The van der Waals surface area contributed by atoms with Crippen molar-refractivity contribution in [3.05, 3.63) is 29.0 Å². The van der Waals surface area contributed by atoms with Gasteiger partial charge in [-0.2, -0.15) is 13.2 Å². The van der Waals surface area contributed by atoms with Gasteiger partial charge in [0.2, 0.25) is 0 Å². The van der Waals surface area contributed by atoms with Crippen LogP contribution in [0.1, 0.15) is 25.7 Å². The van der Waals surface area contributed by atoms with Crippen LogP contribution in [-0.2, 0) is 0 Å². The van der Waals surface area contributed by atoms with E-state index in [1.807, 2.05) is 0 Å². The van der Waals surface area contributed by atoms with E-state index >= 15 is 0 Å². The van der Waals surface area contributed by atoms with Gasteiger partial charge in [0.15, 0.2) is 0 Å². The Bertz CT molecular complexity index is 447. The summed E-state index contributed by atoms with van der Waals surface area (Å²) in [6.45, 7) is 0. The number of alkyl halides is 3. The third-order valence-corrected chi connectivity index (χ3v) is 3.74. The molecule has 1 aromatic rings. The number of hydrogen-bond acceptors (Lipinski definition) is 1. The van der Waals surface area contributed by atoms with Crippen LogP contribution in [0.3, 0.4) is 0 Å². The van der Waals surface area contributed by atoms with Gasteiger partial charge in [-0.15, -0.1) is 0 Å². The van der Waals surface area contributed by atoms with Crippen LogP contribution < -0.4 is 5.32 Å². The summed E-state index contributed by atoms with van der Waals surface area (Å²) in [7, 11) is 0. The molecule has 1 aliphatic carbocycles. The van der Waals surface area contributed by atoms with E-state index < -0.39 is 17.9 Å². The monoisotopic (exact) mass is 295 g/mol. The minimum absolute atomic E-state index is 0.0389. The van der Waals surface area contributed by atoms with E-state index in [0.29, 0.717) is 18.5 Å². The predicted octanol–water partition coefficient (Wildman–Crippen LogP) is 5.01. The lowest BCUT2D eigenvalue weighted by Crippen LogP contribution is -2.34. The second-order valence-corrected chi connectivity index (χ2v) is 5.28. The van der Waals surface area contributed by atoms with Gasteiger partial charge in [-0.1, -0.05) is 18.0 Å². The summed E-state index contributed by atoms with van der Waals surface area (Å²) in [5.41, 5.74) is 0.482. The van der Waals surface area contributed by atoms with Crippen molar-refractivity contribution in [1.82, 2.24) is 0 Å². The molecular formula is C13H14ClF4N. The van der Waals surface area contributed by atoms with Crippen molar-refractivity contribution in [3.8, 4) is 0 Å². The fourth-order valence-electron chi connectivity index (χ4n) is 2.44. The zero-order valence-electron chi connectivity index (χ0n) is 10.1. The van der Waals surface area contributed by atoms with Crippen molar-refractivity contribution in [2.75, 3.05) is 5.32 Å². The quantitative estimate of drug-likeness (QED) is 0.756. The van der Waals surface area contributed by atoms with E-state index in [9.17, 15) is 17.6 Å². The lowest BCUT2D eigenvalue weighted by Gasteiger charge is -2.31. The second-order valence-electron chi connectivity index (χ2n) is 4.87. The number of halogens is 5. The van der Waals surface area contributed by atoms with Crippen molar-refractivity contribution in [3.63, 3.8) is 0 Å². The molecule has 0 radical (unpaired) electrons. The zero-order chi connectivity index (χ0) is 14.0. The molecule has 0 heterocycles. The van der Waals surface area contributed by atoms with E-state index in [1.54, 1.807) is 0 Å². The molecule has 6 heteroatoms. The molecule has 106 valence electrons. The van der Waals surface area contributed by atoms with Gasteiger partial charge in [-0.25, -0.2) is 4.39 Å². The molecule has 0 amide bonds. The van der Waals surface area contributed by atoms with Crippen LogP contribution >= 0.6 is 11.6 Å². The Labute approximate surface area is 113 Å². The average Bonchev–Trinajstić information content (AvgIpc) is 2.32. The molecule has 0 spiro atoms. The molecule has 1 fully saturated rings. The molecule has 2 unspecified atom stereocenters. The topological polar surface area (TPSA) is 12.0 Å². The summed E-state index contributed by atoms with van der Waals surface area (Å²) in [6.07, 6.45) is -2.73. The lowest BCUT2D eigenvalue weighted by atomic mass is 9.85. The Balaban J connectivity index is 2.03. The number of hydrogen-bond donors (Lipinski definition) is 1. The molecule has 2 rings (SSSR count). The molecule has 1 N–H and O–H groups in total. The van der Waals surface area contributed by atoms with Gasteiger partial charge in [0.25, 0.3) is 0 Å². The Morgan fingerprint density at radius 2 is 1.95 bits per heavy atom. The fourth-order valence-corrected chi connectivity index (χ4v) is 2.67. The van der Waals surface area contributed by atoms with Gasteiger partial charge in [0.1, 0.15) is 5.82 Å². The van der Waals surface area contributed by atoms with Crippen LogP contribution in [0.15, 0.2) is 18.2 Å². The standard InChI is InChI=1S/C13H14ClF4N/c14-11-7-9(15)4-5-12(11)19-10-3-1-2-8(6-10)13(16,17)18/h4-5,7-8,10,19H,1-3,6H2. The summed E-state index contributed by atoms with van der Waals surface area (Å²) in [5, 5.41) is 3.17.